The van der Waals surface area contributed by atoms with E-state index >= 15 is 0 Å². The van der Waals surface area contributed by atoms with E-state index in [-0.39, 0.29) is 33.7 Å². The van der Waals surface area contributed by atoms with Gasteiger partial charge in [-0.1, -0.05) is 12.2 Å². The van der Waals surface area contributed by atoms with Gasteiger partial charge in [0, 0.05) is 28.3 Å². The molecule has 1 atom stereocenters. The monoisotopic (exact) mass is 248 g/mol. The number of hydrogen-bond donors (Lipinski definition) is 1. The van der Waals surface area contributed by atoms with Crippen LogP contribution in [-0.2, 0) is 21.7 Å². The van der Waals surface area contributed by atoms with Gasteiger partial charge < -0.3 is 5.11 Å². The maximum atomic E-state index is 7.57. The van der Waals surface area contributed by atoms with Crippen molar-refractivity contribution in [1.29, 1.82) is 0 Å². The van der Waals surface area contributed by atoms with Crippen LogP contribution < -0.4 is 0 Å². The predicted octanol–water partition coefficient (Wildman–Crippen LogP) is 3.03. The largest absolute Gasteiger partial charge is 0.397 e. The van der Waals surface area contributed by atoms with Crippen molar-refractivity contribution in [3.8, 4) is 0 Å². The summed E-state index contributed by atoms with van der Waals surface area (Å²) in [7, 11) is 0. The zero-order valence-corrected chi connectivity index (χ0v) is 10.9. The van der Waals surface area contributed by atoms with E-state index in [0.29, 0.717) is 0 Å². The molecule has 14 heavy (non-hydrogen) atoms. The summed E-state index contributed by atoms with van der Waals surface area (Å²) >= 11 is 6.04. The van der Waals surface area contributed by atoms with E-state index in [9.17, 15) is 0 Å². The number of alkyl halides is 1. The number of rotatable bonds is 0. The quantitative estimate of drug-likeness (QED) is 0.516. The van der Waals surface area contributed by atoms with Crippen LogP contribution in [0.25, 0.3) is 0 Å². The molecule has 0 aromatic rings. The van der Waals surface area contributed by atoms with Gasteiger partial charge >= 0.3 is 0 Å². The molecule has 78 valence electrons. The summed E-state index contributed by atoms with van der Waals surface area (Å²) in [5.74, 6) is 0. The van der Waals surface area contributed by atoms with Crippen molar-refractivity contribution < 1.29 is 26.8 Å². The second kappa shape index (κ2) is 7.70. The molecule has 0 amide bonds. The van der Waals surface area contributed by atoms with Gasteiger partial charge in [-0.25, -0.2) is 0 Å². The van der Waals surface area contributed by atoms with Gasteiger partial charge in [0.1, 0.15) is 0 Å². The Balaban J connectivity index is 0.000000381. The van der Waals surface area contributed by atoms with Crippen LogP contribution in [0.2, 0.25) is 0 Å². The molecule has 2 aliphatic rings. The molecule has 0 heterocycles. The van der Waals surface area contributed by atoms with Crippen molar-refractivity contribution in [2.24, 2.45) is 0 Å². The Bertz CT molecular complexity index is 223. The average Bonchev–Trinajstić information content (AvgIpc) is 2.50. The first-order valence-electron chi connectivity index (χ1n) is 4.94. The number of allylic oxidation sites excluding steroid dienone is 4. The standard InChI is InChI=1S/C9H11Cl.C2H6O.Ti/c10-9-6-5-7-3-1-2-4-8(7)9;1-2-3;/h5-6,9H,1-4H2;3H,2H2,1H3;. The molecule has 1 unspecified atom stereocenters. The van der Waals surface area contributed by atoms with E-state index < -0.39 is 0 Å². The van der Waals surface area contributed by atoms with Gasteiger partial charge in [0.25, 0.3) is 0 Å². The van der Waals surface area contributed by atoms with Crippen molar-refractivity contribution in [3.05, 3.63) is 23.3 Å². The van der Waals surface area contributed by atoms with Crippen LogP contribution in [0.3, 0.4) is 0 Å². The van der Waals surface area contributed by atoms with Gasteiger partial charge in [-0.3, -0.25) is 0 Å². The Hall–Kier alpha value is 0.444. The molecule has 0 saturated heterocycles. The molecule has 3 heteroatoms. The molecule has 0 radical (unpaired) electrons. The van der Waals surface area contributed by atoms with Crippen molar-refractivity contribution in [3.63, 3.8) is 0 Å². The molecule has 2 aliphatic carbocycles. The van der Waals surface area contributed by atoms with Crippen LogP contribution in [0.1, 0.15) is 32.6 Å². The first-order chi connectivity index (χ1) is 6.29. The van der Waals surface area contributed by atoms with Gasteiger partial charge in [-0.2, -0.15) is 0 Å². The molecule has 0 fully saturated rings. The first kappa shape index (κ1) is 14.4. The summed E-state index contributed by atoms with van der Waals surface area (Å²) in [5, 5.41) is 7.80. The normalized spacial score (nSPS) is 23.5. The molecule has 0 aromatic carbocycles. The third kappa shape index (κ3) is 3.90. The minimum Gasteiger partial charge on any atom is -0.397 e. The first-order valence-corrected chi connectivity index (χ1v) is 5.38. The summed E-state index contributed by atoms with van der Waals surface area (Å²) in [6.45, 7) is 1.93. The second-order valence-electron chi connectivity index (χ2n) is 3.33. The molecule has 1 nitrogen and oxygen atoms in total. The van der Waals surface area contributed by atoms with Crippen molar-refractivity contribution in [2.45, 2.75) is 38.0 Å². The van der Waals surface area contributed by atoms with E-state index in [1.807, 2.05) is 0 Å². The van der Waals surface area contributed by atoms with Gasteiger partial charge in [0.2, 0.25) is 0 Å². The minimum absolute atomic E-state index is 0. The molecule has 0 bridgehead atoms. The van der Waals surface area contributed by atoms with E-state index in [0.717, 1.165) is 0 Å². The predicted molar refractivity (Wildman–Crippen MR) is 57.0 cm³/mol. The SMILES string of the molecule is CCO.ClC1C=CC2=C1CCCC2.[Ti]. The maximum Gasteiger partial charge on any atom is 0.0735 e. The number of hydrogen-bond acceptors (Lipinski definition) is 1. The molecule has 0 aliphatic heterocycles. The molecular weight excluding hydrogens is 231 g/mol. The van der Waals surface area contributed by atoms with E-state index in [4.69, 9.17) is 16.7 Å². The summed E-state index contributed by atoms with van der Waals surface area (Å²) in [6, 6.07) is 0. The summed E-state index contributed by atoms with van der Waals surface area (Å²) < 4.78 is 0. The molecule has 1 N–H and O–H groups in total. The van der Waals surface area contributed by atoms with Crippen LogP contribution in [0, 0.1) is 0 Å². The molecule has 2 rings (SSSR count). The van der Waals surface area contributed by atoms with E-state index in [1.54, 1.807) is 6.92 Å². The minimum atomic E-state index is 0. The van der Waals surface area contributed by atoms with Crippen LogP contribution >= 0.6 is 11.6 Å². The Kier molecular flexibility index (Phi) is 7.94. The third-order valence-electron chi connectivity index (χ3n) is 2.35. The zero-order valence-electron chi connectivity index (χ0n) is 8.59. The second-order valence-corrected chi connectivity index (χ2v) is 3.80. The van der Waals surface area contributed by atoms with Crippen molar-refractivity contribution in [2.75, 3.05) is 6.61 Å². The van der Waals surface area contributed by atoms with Gasteiger partial charge in [-0.05, 0) is 43.8 Å². The summed E-state index contributed by atoms with van der Waals surface area (Å²) in [6.07, 6.45) is 9.49. The number of aliphatic hydroxyl groups excluding tert-OH is 1. The number of aliphatic hydroxyl groups is 1. The van der Waals surface area contributed by atoms with Crippen molar-refractivity contribution in [1.82, 2.24) is 0 Å². The Morgan fingerprint density at radius 2 is 2.00 bits per heavy atom. The molecule has 0 spiro atoms. The van der Waals surface area contributed by atoms with Crippen LogP contribution in [-0.4, -0.2) is 17.1 Å². The zero-order chi connectivity index (χ0) is 9.68. The van der Waals surface area contributed by atoms with Gasteiger partial charge in [0.05, 0.1) is 5.38 Å². The third-order valence-corrected chi connectivity index (χ3v) is 2.76. The Morgan fingerprint density at radius 1 is 1.43 bits per heavy atom. The summed E-state index contributed by atoms with van der Waals surface area (Å²) in [4.78, 5) is 0. The molecule has 0 saturated carbocycles. The smallest absolute Gasteiger partial charge is 0.0735 e. The van der Waals surface area contributed by atoms with Crippen LogP contribution in [0.4, 0.5) is 0 Å². The van der Waals surface area contributed by atoms with Gasteiger partial charge in [-0.15, -0.1) is 11.6 Å². The fraction of sp³-hybridized carbons (Fsp3) is 0.636. The Labute approximate surface area is 106 Å². The summed E-state index contributed by atoms with van der Waals surface area (Å²) in [5.41, 5.74) is 3.01. The fourth-order valence-corrected chi connectivity index (χ4v) is 2.10. The van der Waals surface area contributed by atoms with Crippen LogP contribution in [0.5, 0.6) is 0 Å². The van der Waals surface area contributed by atoms with E-state index in [1.165, 1.54) is 36.8 Å². The number of halogens is 1. The average molecular weight is 249 g/mol. The van der Waals surface area contributed by atoms with Crippen molar-refractivity contribution >= 4 is 11.6 Å². The van der Waals surface area contributed by atoms with Gasteiger partial charge in [0.15, 0.2) is 0 Å². The maximum absolute atomic E-state index is 7.57. The van der Waals surface area contributed by atoms with E-state index in [2.05, 4.69) is 12.2 Å². The Morgan fingerprint density at radius 3 is 2.57 bits per heavy atom. The van der Waals surface area contributed by atoms with Crippen LogP contribution in [0.15, 0.2) is 23.3 Å². The fourth-order valence-electron chi connectivity index (χ4n) is 1.77. The molecular formula is C11H17ClOTi. The molecule has 0 aromatic heterocycles. The topological polar surface area (TPSA) is 20.2 Å².